The van der Waals surface area contributed by atoms with Crippen molar-refractivity contribution >= 4 is 23.9 Å². The highest BCUT2D eigenvalue weighted by Gasteiger charge is 2.35. The molecule has 6 nitrogen and oxygen atoms in total. The maximum Gasteiger partial charge on any atom is 0.506 e. The predicted molar refractivity (Wildman–Crippen MR) is 102 cm³/mol. The van der Waals surface area contributed by atoms with Gasteiger partial charge in [0.15, 0.2) is 0 Å². The summed E-state index contributed by atoms with van der Waals surface area (Å²) >= 11 is 1.82. The Balaban J connectivity index is 1.79. The van der Waals surface area contributed by atoms with Crippen LogP contribution in [0.3, 0.4) is 0 Å². The van der Waals surface area contributed by atoms with Gasteiger partial charge in [-0.1, -0.05) is 19.1 Å². The van der Waals surface area contributed by atoms with Gasteiger partial charge in [0.2, 0.25) is 0 Å². The van der Waals surface area contributed by atoms with Crippen LogP contribution in [0.1, 0.15) is 30.4 Å². The average Bonchev–Trinajstić information content (AvgIpc) is 2.67. The summed E-state index contributed by atoms with van der Waals surface area (Å²) in [7, 11) is 0. The van der Waals surface area contributed by atoms with Crippen molar-refractivity contribution in [2.45, 2.75) is 31.8 Å². The van der Waals surface area contributed by atoms with E-state index in [0.717, 1.165) is 17.1 Å². The molecule has 2 saturated heterocycles. The number of carboxylic acid groups (broad SMARTS) is 1. The molecule has 0 spiro atoms. The maximum atomic E-state index is 14.2. The molecule has 8 heteroatoms. The van der Waals surface area contributed by atoms with Gasteiger partial charge in [0.05, 0.1) is 6.54 Å². The van der Waals surface area contributed by atoms with E-state index in [-0.39, 0.29) is 24.3 Å². The Morgan fingerprint density at radius 2 is 2.00 bits per heavy atom. The minimum atomic E-state index is -1.35. The molecule has 2 heterocycles. The normalized spacial score (nSPS) is 23.2. The number of ether oxygens (including phenoxy) is 1. The number of piperidine rings is 1. The number of likely N-dealkylation sites (tertiary alicyclic amines) is 1. The van der Waals surface area contributed by atoms with E-state index in [4.69, 9.17) is 9.84 Å². The summed E-state index contributed by atoms with van der Waals surface area (Å²) in [6.07, 6.45) is -0.913. The second-order valence-corrected chi connectivity index (χ2v) is 8.15. The fraction of sp³-hybridized carbons (Fsp3) is 0.579. The average molecular weight is 396 g/mol. The van der Waals surface area contributed by atoms with Crippen LogP contribution < -0.4 is 0 Å². The van der Waals surface area contributed by atoms with Crippen molar-refractivity contribution in [3.63, 3.8) is 0 Å². The summed E-state index contributed by atoms with van der Waals surface area (Å²) in [6.45, 7) is 3.95. The monoisotopic (exact) mass is 396 g/mol. The first-order valence-corrected chi connectivity index (χ1v) is 10.4. The van der Waals surface area contributed by atoms with Crippen LogP contribution in [-0.4, -0.2) is 70.9 Å². The Morgan fingerprint density at radius 1 is 1.26 bits per heavy atom. The van der Waals surface area contributed by atoms with Gasteiger partial charge in [-0.25, -0.2) is 14.0 Å². The van der Waals surface area contributed by atoms with E-state index in [9.17, 15) is 14.0 Å². The molecule has 1 aromatic carbocycles. The summed E-state index contributed by atoms with van der Waals surface area (Å²) in [4.78, 5) is 27.4. The van der Waals surface area contributed by atoms with Crippen LogP contribution in [0.4, 0.5) is 14.0 Å². The summed E-state index contributed by atoms with van der Waals surface area (Å²) in [5.41, 5.74) is 1.42. The topological polar surface area (TPSA) is 70.1 Å². The van der Waals surface area contributed by atoms with Crippen LogP contribution >= 0.6 is 11.8 Å². The van der Waals surface area contributed by atoms with E-state index in [1.54, 1.807) is 15.9 Å². The number of amides is 2. The van der Waals surface area contributed by atoms with Crippen molar-refractivity contribution in [3.05, 3.63) is 35.1 Å². The Hall–Kier alpha value is -1.96. The van der Waals surface area contributed by atoms with Gasteiger partial charge in [-0.2, -0.15) is 11.8 Å². The molecular formula is C19H25FN2O4S. The summed E-state index contributed by atoms with van der Waals surface area (Å²) in [5, 5.41) is 9.01. The number of carbonyl (C=O) groups is 2. The quantitative estimate of drug-likeness (QED) is 0.793. The Labute approximate surface area is 162 Å². The number of nitrogens with zero attached hydrogens (tertiary/aromatic N) is 2. The van der Waals surface area contributed by atoms with Crippen LogP contribution in [0.15, 0.2) is 18.2 Å². The second kappa shape index (κ2) is 8.82. The van der Waals surface area contributed by atoms with Crippen LogP contribution in [0, 0.1) is 5.82 Å². The van der Waals surface area contributed by atoms with Crippen molar-refractivity contribution < 1.29 is 23.8 Å². The maximum absolute atomic E-state index is 14.2. The van der Waals surface area contributed by atoms with Gasteiger partial charge in [-0.05, 0) is 30.0 Å². The standard InChI is InChI=1S/C19H25FN2O4S/c1-2-13-3-4-14(10-17(13)20)15-9-16(26-19(24)25)12-22(11-15)18(23)21-5-7-27-8-6-21/h3-4,10,15-16H,2,5-9,11-12H2,1H3,(H,24,25). The van der Waals surface area contributed by atoms with Crippen LogP contribution in [0.25, 0.3) is 0 Å². The third-order valence-electron chi connectivity index (χ3n) is 5.16. The minimum absolute atomic E-state index is 0.0929. The Morgan fingerprint density at radius 3 is 2.63 bits per heavy atom. The van der Waals surface area contributed by atoms with Crippen LogP contribution in [-0.2, 0) is 11.2 Å². The largest absolute Gasteiger partial charge is 0.506 e. The van der Waals surface area contributed by atoms with E-state index in [2.05, 4.69) is 0 Å². The molecule has 2 fully saturated rings. The van der Waals surface area contributed by atoms with Crippen molar-refractivity contribution in [1.29, 1.82) is 0 Å². The Kier molecular flexibility index (Phi) is 6.46. The highest BCUT2D eigenvalue weighted by molar-refractivity contribution is 7.99. The summed E-state index contributed by atoms with van der Waals surface area (Å²) < 4.78 is 19.2. The zero-order valence-electron chi connectivity index (χ0n) is 15.4. The molecular weight excluding hydrogens is 371 g/mol. The number of benzene rings is 1. The first-order chi connectivity index (χ1) is 13.0. The molecule has 0 bridgehead atoms. The first kappa shape index (κ1) is 19.8. The van der Waals surface area contributed by atoms with Gasteiger partial charge in [-0.3, -0.25) is 0 Å². The SMILES string of the molecule is CCc1ccc(C2CC(OC(=O)O)CN(C(=O)N3CCSCC3)C2)cc1F. The number of urea groups is 1. The molecule has 0 saturated carbocycles. The molecule has 0 aliphatic carbocycles. The molecule has 27 heavy (non-hydrogen) atoms. The molecule has 2 aliphatic rings. The third-order valence-corrected chi connectivity index (χ3v) is 6.10. The zero-order valence-corrected chi connectivity index (χ0v) is 16.2. The van der Waals surface area contributed by atoms with Gasteiger partial charge in [-0.15, -0.1) is 0 Å². The number of hydrogen-bond donors (Lipinski definition) is 1. The lowest BCUT2D eigenvalue weighted by Crippen LogP contribution is -2.53. The minimum Gasteiger partial charge on any atom is -0.450 e. The van der Waals surface area contributed by atoms with Crippen LogP contribution in [0.5, 0.6) is 0 Å². The van der Waals surface area contributed by atoms with Crippen molar-refractivity contribution in [1.82, 2.24) is 9.80 Å². The molecule has 1 N–H and O–H groups in total. The molecule has 1 aromatic rings. The molecule has 3 rings (SSSR count). The van der Waals surface area contributed by atoms with Crippen LogP contribution in [0.2, 0.25) is 0 Å². The number of rotatable bonds is 3. The lowest BCUT2D eigenvalue weighted by atomic mass is 9.88. The van der Waals surface area contributed by atoms with Crippen molar-refractivity contribution in [2.24, 2.45) is 0 Å². The van der Waals surface area contributed by atoms with Gasteiger partial charge in [0, 0.05) is 37.1 Å². The van der Waals surface area contributed by atoms with E-state index in [0.29, 0.717) is 38.0 Å². The molecule has 0 aromatic heterocycles. The molecule has 2 aliphatic heterocycles. The molecule has 148 valence electrons. The fourth-order valence-corrected chi connectivity index (χ4v) is 4.64. The fourth-order valence-electron chi connectivity index (χ4n) is 3.74. The highest BCUT2D eigenvalue weighted by Crippen LogP contribution is 2.30. The first-order valence-electron chi connectivity index (χ1n) is 9.27. The molecule has 2 amide bonds. The summed E-state index contributed by atoms with van der Waals surface area (Å²) in [5.74, 6) is 1.39. The highest BCUT2D eigenvalue weighted by atomic mass is 32.2. The lowest BCUT2D eigenvalue weighted by Gasteiger charge is -2.40. The van der Waals surface area contributed by atoms with E-state index >= 15 is 0 Å². The van der Waals surface area contributed by atoms with Crippen molar-refractivity contribution in [2.75, 3.05) is 37.7 Å². The number of halogens is 1. The molecule has 2 unspecified atom stereocenters. The Bertz CT molecular complexity index is 696. The number of thioether (sulfide) groups is 1. The molecule has 2 atom stereocenters. The predicted octanol–water partition coefficient (Wildman–Crippen LogP) is 3.41. The van der Waals surface area contributed by atoms with Gasteiger partial charge in [0.1, 0.15) is 11.9 Å². The van der Waals surface area contributed by atoms with E-state index < -0.39 is 12.3 Å². The second-order valence-electron chi connectivity index (χ2n) is 6.93. The summed E-state index contributed by atoms with van der Waals surface area (Å²) in [6, 6.07) is 5.05. The lowest BCUT2D eigenvalue weighted by molar-refractivity contribution is 0.0122. The van der Waals surface area contributed by atoms with Crippen molar-refractivity contribution in [3.8, 4) is 0 Å². The molecule has 0 radical (unpaired) electrons. The smallest absolute Gasteiger partial charge is 0.450 e. The van der Waals surface area contributed by atoms with Gasteiger partial charge in [0.25, 0.3) is 0 Å². The van der Waals surface area contributed by atoms with Gasteiger partial charge < -0.3 is 19.6 Å². The van der Waals surface area contributed by atoms with E-state index in [1.165, 1.54) is 6.07 Å². The zero-order chi connectivity index (χ0) is 19.4. The third kappa shape index (κ3) is 4.86. The number of hydrogen-bond acceptors (Lipinski definition) is 4. The number of carbonyl (C=O) groups excluding carboxylic acids is 1. The number of aryl methyl sites for hydroxylation is 1. The van der Waals surface area contributed by atoms with Gasteiger partial charge >= 0.3 is 12.2 Å². The van der Waals surface area contributed by atoms with E-state index in [1.807, 2.05) is 24.8 Å².